The summed E-state index contributed by atoms with van der Waals surface area (Å²) in [6, 6.07) is 10.1. The Morgan fingerprint density at radius 1 is 1.28 bits per heavy atom. The summed E-state index contributed by atoms with van der Waals surface area (Å²) < 4.78 is 0. The van der Waals surface area contributed by atoms with Crippen LogP contribution in [-0.4, -0.2) is 30.4 Å². The topological polar surface area (TPSA) is 46.3 Å². The van der Waals surface area contributed by atoms with Crippen LogP contribution in [0.4, 0.5) is 0 Å². The Kier molecular flexibility index (Phi) is 6.44. The Bertz CT molecular complexity index is 351. The van der Waals surface area contributed by atoms with E-state index in [2.05, 4.69) is 24.3 Å². The number of nitrogens with two attached hydrogens (primary N) is 1. The van der Waals surface area contributed by atoms with Gasteiger partial charge in [-0.05, 0) is 31.2 Å². The van der Waals surface area contributed by atoms with Gasteiger partial charge in [-0.3, -0.25) is 4.79 Å². The highest BCUT2D eigenvalue weighted by Crippen LogP contribution is 2.05. The number of likely N-dealkylation sites (N-methyl/N-ethyl adjacent to an activating group) is 1. The molecule has 1 aromatic rings. The van der Waals surface area contributed by atoms with Gasteiger partial charge >= 0.3 is 0 Å². The van der Waals surface area contributed by atoms with Crippen LogP contribution in [0.1, 0.15) is 31.7 Å². The fourth-order valence-corrected chi connectivity index (χ4v) is 1.89. The molecule has 1 atom stereocenters. The Morgan fingerprint density at radius 2 is 1.94 bits per heavy atom. The predicted octanol–water partition coefficient (Wildman–Crippen LogP) is 2.21. The lowest BCUT2D eigenvalue weighted by molar-refractivity contribution is -0.131. The van der Waals surface area contributed by atoms with Gasteiger partial charge in [0.15, 0.2) is 0 Å². The highest BCUT2D eigenvalue weighted by molar-refractivity contribution is 5.81. The van der Waals surface area contributed by atoms with Crippen LogP contribution in [0.15, 0.2) is 30.3 Å². The summed E-state index contributed by atoms with van der Waals surface area (Å²) in [5.74, 6) is 0.0530. The lowest BCUT2D eigenvalue weighted by Gasteiger charge is -2.20. The summed E-state index contributed by atoms with van der Waals surface area (Å²) in [6.07, 6.45) is 3.90. The maximum atomic E-state index is 11.7. The first-order chi connectivity index (χ1) is 8.65. The molecular formula is C15H24N2O. The summed E-state index contributed by atoms with van der Waals surface area (Å²) in [5.41, 5.74) is 7.08. The Balaban J connectivity index is 2.20. The van der Waals surface area contributed by atoms with Crippen molar-refractivity contribution in [2.24, 2.45) is 5.73 Å². The standard InChI is InChI=1S/C15H24N2O/c1-3-14(16)15(18)17(2)12-8-7-11-13-9-5-4-6-10-13/h4-6,9-10,14H,3,7-8,11-12,16H2,1-2H3. The van der Waals surface area contributed by atoms with Crippen LogP contribution >= 0.6 is 0 Å². The quantitative estimate of drug-likeness (QED) is 0.752. The molecule has 3 heteroatoms. The molecule has 0 heterocycles. The van der Waals surface area contributed by atoms with Crippen LogP contribution in [0, 0.1) is 0 Å². The molecule has 1 unspecified atom stereocenters. The summed E-state index contributed by atoms with van der Waals surface area (Å²) in [6.45, 7) is 2.73. The molecule has 0 spiro atoms. The van der Waals surface area contributed by atoms with Crippen molar-refractivity contribution in [3.05, 3.63) is 35.9 Å². The third kappa shape index (κ3) is 4.88. The number of amides is 1. The number of carbonyl (C=O) groups is 1. The van der Waals surface area contributed by atoms with E-state index in [1.165, 1.54) is 5.56 Å². The van der Waals surface area contributed by atoms with Crippen molar-refractivity contribution in [2.75, 3.05) is 13.6 Å². The van der Waals surface area contributed by atoms with E-state index >= 15 is 0 Å². The second kappa shape index (κ2) is 7.88. The number of aryl methyl sites for hydroxylation is 1. The van der Waals surface area contributed by atoms with Gasteiger partial charge in [0.2, 0.25) is 5.91 Å². The zero-order valence-electron chi connectivity index (χ0n) is 11.4. The second-order valence-corrected chi connectivity index (χ2v) is 4.72. The fraction of sp³-hybridized carbons (Fsp3) is 0.533. The fourth-order valence-electron chi connectivity index (χ4n) is 1.89. The van der Waals surface area contributed by atoms with Gasteiger partial charge in [-0.1, -0.05) is 37.3 Å². The second-order valence-electron chi connectivity index (χ2n) is 4.72. The SMILES string of the molecule is CCC(N)C(=O)N(C)CCCCc1ccccc1. The van der Waals surface area contributed by atoms with Gasteiger partial charge in [-0.25, -0.2) is 0 Å². The third-order valence-corrected chi connectivity index (χ3v) is 3.19. The number of hydrogen-bond acceptors (Lipinski definition) is 2. The van der Waals surface area contributed by atoms with E-state index < -0.39 is 0 Å². The normalized spacial score (nSPS) is 12.2. The Morgan fingerprint density at radius 3 is 2.56 bits per heavy atom. The van der Waals surface area contributed by atoms with E-state index in [9.17, 15) is 4.79 Å². The predicted molar refractivity (Wildman–Crippen MR) is 75.3 cm³/mol. The molecule has 100 valence electrons. The first kappa shape index (κ1) is 14.7. The smallest absolute Gasteiger partial charge is 0.239 e. The molecule has 0 radical (unpaired) electrons. The molecule has 0 aliphatic carbocycles. The van der Waals surface area contributed by atoms with E-state index in [1.54, 1.807) is 4.90 Å². The van der Waals surface area contributed by atoms with Crippen molar-refractivity contribution in [1.82, 2.24) is 4.90 Å². The first-order valence-corrected chi connectivity index (χ1v) is 6.69. The van der Waals surface area contributed by atoms with Crippen LogP contribution < -0.4 is 5.73 Å². The van der Waals surface area contributed by atoms with Crippen LogP contribution in [-0.2, 0) is 11.2 Å². The molecule has 3 nitrogen and oxygen atoms in total. The molecule has 1 aromatic carbocycles. The maximum Gasteiger partial charge on any atom is 0.239 e. The van der Waals surface area contributed by atoms with Gasteiger partial charge in [0.25, 0.3) is 0 Å². The van der Waals surface area contributed by atoms with Crippen LogP contribution in [0.2, 0.25) is 0 Å². The van der Waals surface area contributed by atoms with Crippen molar-refractivity contribution < 1.29 is 4.79 Å². The summed E-state index contributed by atoms with van der Waals surface area (Å²) in [4.78, 5) is 13.5. The van der Waals surface area contributed by atoms with E-state index in [1.807, 2.05) is 20.0 Å². The monoisotopic (exact) mass is 248 g/mol. The van der Waals surface area contributed by atoms with Gasteiger partial charge in [-0.15, -0.1) is 0 Å². The zero-order valence-corrected chi connectivity index (χ0v) is 11.4. The maximum absolute atomic E-state index is 11.7. The summed E-state index contributed by atoms with van der Waals surface area (Å²) in [5, 5.41) is 0. The molecule has 0 aliphatic rings. The molecule has 2 N–H and O–H groups in total. The zero-order chi connectivity index (χ0) is 13.4. The van der Waals surface area contributed by atoms with Crippen molar-refractivity contribution in [1.29, 1.82) is 0 Å². The van der Waals surface area contributed by atoms with Gasteiger partial charge in [0.1, 0.15) is 0 Å². The molecule has 0 bridgehead atoms. The number of rotatable bonds is 7. The average Bonchev–Trinajstić information content (AvgIpc) is 2.42. The highest BCUT2D eigenvalue weighted by atomic mass is 16.2. The average molecular weight is 248 g/mol. The lowest BCUT2D eigenvalue weighted by atomic mass is 10.1. The molecule has 0 aromatic heterocycles. The number of hydrogen-bond donors (Lipinski definition) is 1. The van der Waals surface area contributed by atoms with Crippen molar-refractivity contribution in [2.45, 2.75) is 38.6 Å². The minimum Gasteiger partial charge on any atom is -0.344 e. The summed E-state index contributed by atoms with van der Waals surface area (Å²) >= 11 is 0. The first-order valence-electron chi connectivity index (χ1n) is 6.69. The van der Waals surface area contributed by atoms with E-state index in [0.717, 1.165) is 25.8 Å². The number of nitrogens with zero attached hydrogens (tertiary/aromatic N) is 1. The van der Waals surface area contributed by atoms with E-state index in [0.29, 0.717) is 6.42 Å². The molecule has 0 saturated heterocycles. The molecule has 1 amide bonds. The van der Waals surface area contributed by atoms with Crippen molar-refractivity contribution in [3.63, 3.8) is 0 Å². The molecule has 0 fully saturated rings. The van der Waals surface area contributed by atoms with Gasteiger partial charge in [-0.2, -0.15) is 0 Å². The number of unbranched alkanes of at least 4 members (excludes halogenated alkanes) is 1. The van der Waals surface area contributed by atoms with Crippen LogP contribution in [0.5, 0.6) is 0 Å². The Labute approximate surface area is 110 Å². The van der Waals surface area contributed by atoms with Crippen LogP contribution in [0.25, 0.3) is 0 Å². The van der Waals surface area contributed by atoms with Crippen LogP contribution in [0.3, 0.4) is 0 Å². The third-order valence-electron chi connectivity index (χ3n) is 3.19. The summed E-state index contributed by atoms with van der Waals surface area (Å²) in [7, 11) is 1.83. The largest absolute Gasteiger partial charge is 0.344 e. The lowest BCUT2D eigenvalue weighted by Crippen LogP contribution is -2.41. The molecular weight excluding hydrogens is 224 g/mol. The van der Waals surface area contributed by atoms with E-state index in [-0.39, 0.29) is 11.9 Å². The van der Waals surface area contributed by atoms with E-state index in [4.69, 9.17) is 5.73 Å². The highest BCUT2D eigenvalue weighted by Gasteiger charge is 2.15. The Hall–Kier alpha value is -1.35. The molecule has 1 rings (SSSR count). The minimum absolute atomic E-state index is 0.0530. The molecule has 0 saturated carbocycles. The van der Waals surface area contributed by atoms with Gasteiger partial charge in [0, 0.05) is 13.6 Å². The minimum atomic E-state index is -0.343. The molecule has 18 heavy (non-hydrogen) atoms. The van der Waals surface area contributed by atoms with Crippen molar-refractivity contribution in [3.8, 4) is 0 Å². The molecule has 0 aliphatic heterocycles. The number of benzene rings is 1. The van der Waals surface area contributed by atoms with Gasteiger partial charge < -0.3 is 10.6 Å². The van der Waals surface area contributed by atoms with Crippen molar-refractivity contribution >= 4 is 5.91 Å². The number of carbonyl (C=O) groups excluding carboxylic acids is 1. The van der Waals surface area contributed by atoms with Gasteiger partial charge in [0.05, 0.1) is 6.04 Å².